The van der Waals surface area contributed by atoms with E-state index in [9.17, 15) is 13.2 Å². The fourth-order valence-electron chi connectivity index (χ4n) is 1.60. The molecule has 0 fully saturated rings. The number of rotatable bonds is 7. The lowest BCUT2D eigenvalue weighted by Crippen LogP contribution is -2.32. The van der Waals surface area contributed by atoms with Crippen LogP contribution in [-0.4, -0.2) is 26.0 Å². The number of hydrogen-bond acceptors (Lipinski definition) is 3. The fraction of sp³-hybridized carbons (Fsp3) is 0.462. The molecule has 1 rings (SSSR count). The molecular formula is C13H19NO4S. The molecule has 0 aliphatic heterocycles. The number of sulfonamides is 1. The SMILES string of the molecule is CCc1ccc(S(=O)(=O)NCC(CC)C(=O)O)cc1. The Morgan fingerprint density at radius 1 is 1.26 bits per heavy atom. The summed E-state index contributed by atoms with van der Waals surface area (Å²) in [6.07, 6.45) is 1.22. The molecule has 6 heteroatoms. The first-order valence-electron chi connectivity index (χ1n) is 6.22. The van der Waals surface area contributed by atoms with Crippen LogP contribution in [0.4, 0.5) is 0 Å². The Kier molecular flexibility index (Phi) is 5.50. The van der Waals surface area contributed by atoms with E-state index in [4.69, 9.17) is 5.11 Å². The van der Waals surface area contributed by atoms with Gasteiger partial charge in [0, 0.05) is 6.54 Å². The third kappa shape index (κ3) is 4.33. The zero-order chi connectivity index (χ0) is 14.5. The minimum absolute atomic E-state index is 0.0936. The van der Waals surface area contributed by atoms with Crippen molar-refractivity contribution >= 4 is 16.0 Å². The first-order chi connectivity index (χ1) is 8.90. The van der Waals surface area contributed by atoms with Crippen LogP contribution in [0, 0.1) is 5.92 Å². The highest BCUT2D eigenvalue weighted by molar-refractivity contribution is 7.89. The van der Waals surface area contributed by atoms with Crippen molar-refractivity contribution in [3.63, 3.8) is 0 Å². The molecule has 106 valence electrons. The van der Waals surface area contributed by atoms with Gasteiger partial charge in [-0.2, -0.15) is 0 Å². The van der Waals surface area contributed by atoms with E-state index >= 15 is 0 Å². The third-order valence-corrected chi connectivity index (χ3v) is 4.44. The molecule has 0 aromatic heterocycles. The van der Waals surface area contributed by atoms with E-state index in [0.29, 0.717) is 6.42 Å². The van der Waals surface area contributed by atoms with E-state index in [0.717, 1.165) is 12.0 Å². The lowest BCUT2D eigenvalue weighted by molar-refractivity contribution is -0.141. The Morgan fingerprint density at radius 3 is 2.26 bits per heavy atom. The van der Waals surface area contributed by atoms with Crippen molar-refractivity contribution in [2.24, 2.45) is 5.92 Å². The number of nitrogens with one attached hydrogen (secondary N) is 1. The highest BCUT2D eigenvalue weighted by Gasteiger charge is 2.20. The number of aliphatic carboxylic acids is 1. The van der Waals surface area contributed by atoms with Crippen molar-refractivity contribution < 1.29 is 18.3 Å². The molecule has 0 heterocycles. The second kappa shape index (κ2) is 6.68. The maximum absolute atomic E-state index is 12.0. The van der Waals surface area contributed by atoms with Gasteiger partial charge < -0.3 is 5.11 Å². The van der Waals surface area contributed by atoms with Gasteiger partial charge in [-0.15, -0.1) is 0 Å². The molecule has 0 amide bonds. The highest BCUT2D eigenvalue weighted by atomic mass is 32.2. The Hall–Kier alpha value is -1.40. The van der Waals surface area contributed by atoms with Gasteiger partial charge in [0.1, 0.15) is 0 Å². The summed E-state index contributed by atoms with van der Waals surface area (Å²) in [4.78, 5) is 11.0. The van der Waals surface area contributed by atoms with Crippen molar-refractivity contribution in [1.82, 2.24) is 4.72 Å². The van der Waals surface area contributed by atoms with Crippen LogP contribution in [0.5, 0.6) is 0 Å². The van der Waals surface area contributed by atoms with Gasteiger partial charge >= 0.3 is 5.97 Å². The molecular weight excluding hydrogens is 266 g/mol. The van der Waals surface area contributed by atoms with Crippen LogP contribution >= 0.6 is 0 Å². The number of benzene rings is 1. The predicted molar refractivity (Wildman–Crippen MR) is 72.4 cm³/mol. The van der Waals surface area contributed by atoms with Crippen LogP contribution in [0.25, 0.3) is 0 Å². The Morgan fingerprint density at radius 2 is 1.84 bits per heavy atom. The maximum Gasteiger partial charge on any atom is 0.307 e. The lowest BCUT2D eigenvalue weighted by Gasteiger charge is -2.11. The number of hydrogen-bond donors (Lipinski definition) is 2. The summed E-state index contributed by atoms with van der Waals surface area (Å²) in [7, 11) is -3.64. The summed E-state index contributed by atoms with van der Waals surface area (Å²) in [6.45, 7) is 3.60. The van der Waals surface area contributed by atoms with Gasteiger partial charge in [0.2, 0.25) is 10.0 Å². The van der Waals surface area contributed by atoms with Crippen molar-refractivity contribution in [3.05, 3.63) is 29.8 Å². The zero-order valence-electron chi connectivity index (χ0n) is 11.1. The van der Waals surface area contributed by atoms with Gasteiger partial charge in [0.25, 0.3) is 0 Å². The predicted octanol–water partition coefficient (Wildman–Crippen LogP) is 1.64. The van der Waals surface area contributed by atoms with Crippen LogP contribution in [0.2, 0.25) is 0 Å². The van der Waals surface area contributed by atoms with Crippen LogP contribution < -0.4 is 4.72 Å². The Labute approximate surface area is 113 Å². The Bertz CT molecular complexity index is 522. The standard InChI is InChI=1S/C13H19NO4S/c1-3-10-5-7-12(8-6-10)19(17,18)14-9-11(4-2)13(15)16/h5-8,11,14H,3-4,9H2,1-2H3,(H,15,16). The molecule has 0 saturated heterocycles. The quantitative estimate of drug-likeness (QED) is 0.797. The molecule has 1 aromatic carbocycles. The molecule has 0 aliphatic rings. The second-order valence-electron chi connectivity index (χ2n) is 4.29. The van der Waals surface area contributed by atoms with E-state index in [1.54, 1.807) is 19.1 Å². The van der Waals surface area contributed by atoms with Crippen LogP contribution in [0.1, 0.15) is 25.8 Å². The van der Waals surface area contributed by atoms with Crippen LogP contribution in [0.15, 0.2) is 29.2 Å². The highest BCUT2D eigenvalue weighted by Crippen LogP contribution is 2.11. The second-order valence-corrected chi connectivity index (χ2v) is 6.06. The van der Waals surface area contributed by atoms with Gasteiger partial charge in [0.05, 0.1) is 10.8 Å². The molecule has 1 atom stereocenters. The van der Waals surface area contributed by atoms with Gasteiger partial charge in [-0.05, 0) is 30.5 Å². The fourth-order valence-corrected chi connectivity index (χ4v) is 2.69. The molecule has 2 N–H and O–H groups in total. The maximum atomic E-state index is 12.0. The number of carbonyl (C=O) groups is 1. The topological polar surface area (TPSA) is 83.5 Å². The van der Waals surface area contributed by atoms with E-state index < -0.39 is 21.9 Å². The molecule has 19 heavy (non-hydrogen) atoms. The summed E-state index contributed by atoms with van der Waals surface area (Å²) in [5, 5.41) is 8.87. The minimum Gasteiger partial charge on any atom is -0.481 e. The molecule has 0 aliphatic carbocycles. The molecule has 5 nitrogen and oxygen atoms in total. The molecule has 0 saturated carbocycles. The number of aryl methyl sites for hydroxylation is 1. The van der Waals surface area contributed by atoms with Crippen LogP contribution in [0.3, 0.4) is 0 Å². The van der Waals surface area contributed by atoms with Crippen molar-refractivity contribution in [2.75, 3.05) is 6.54 Å². The van der Waals surface area contributed by atoms with Crippen molar-refractivity contribution in [1.29, 1.82) is 0 Å². The molecule has 0 spiro atoms. The van der Waals surface area contributed by atoms with Gasteiger partial charge in [0.15, 0.2) is 0 Å². The first-order valence-corrected chi connectivity index (χ1v) is 7.70. The number of carboxylic acid groups (broad SMARTS) is 1. The zero-order valence-corrected chi connectivity index (χ0v) is 11.9. The van der Waals surface area contributed by atoms with Gasteiger partial charge in [-0.25, -0.2) is 13.1 Å². The van der Waals surface area contributed by atoms with Crippen molar-refractivity contribution in [3.8, 4) is 0 Å². The smallest absolute Gasteiger partial charge is 0.307 e. The van der Waals surface area contributed by atoms with E-state index in [-0.39, 0.29) is 11.4 Å². The average molecular weight is 285 g/mol. The summed E-state index contributed by atoms with van der Waals surface area (Å²) in [6, 6.07) is 6.57. The van der Waals surface area contributed by atoms with E-state index in [2.05, 4.69) is 4.72 Å². The average Bonchev–Trinajstić information content (AvgIpc) is 2.39. The lowest BCUT2D eigenvalue weighted by atomic mass is 10.1. The third-order valence-electron chi connectivity index (χ3n) is 3.00. The van der Waals surface area contributed by atoms with Gasteiger partial charge in [-0.1, -0.05) is 26.0 Å². The van der Waals surface area contributed by atoms with E-state index in [1.807, 2.05) is 6.92 Å². The number of carboxylic acids is 1. The molecule has 0 bridgehead atoms. The summed E-state index contributed by atoms with van der Waals surface area (Å²) < 4.78 is 26.3. The monoisotopic (exact) mass is 285 g/mol. The van der Waals surface area contributed by atoms with E-state index in [1.165, 1.54) is 12.1 Å². The minimum atomic E-state index is -3.64. The Balaban J connectivity index is 2.77. The summed E-state index contributed by atoms with van der Waals surface area (Å²) in [5.74, 6) is -1.70. The summed E-state index contributed by atoms with van der Waals surface area (Å²) in [5.41, 5.74) is 1.05. The largest absolute Gasteiger partial charge is 0.481 e. The van der Waals surface area contributed by atoms with Gasteiger partial charge in [-0.3, -0.25) is 4.79 Å². The summed E-state index contributed by atoms with van der Waals surface area (Å²) >= 11 is 0. The normalized spacial score (nSPS) is 13.2. The van der Waals surface area contributed by atoms with Crippen LogP contribution in [-0.2, 0) is 21.2 Å². The molecule has 1 aromatic rings. The molecule has 1 unspecified atom stereocenters. The molecule has 0 radical (unpaired) electrons. The first kappa shape index (κ1) is 15.7. The van der Waals surface area contributed by atoms with Crippen molar-refractivity contribution in [2.45, 2.75) is 31.6 Å².